The smallest absolute Gasteiger partial charge is 0.328 e. The highest BCUT2D eigenvalue weighted by Crippen LogP contribution is 2.36. The number of aromatic nitrogens is 3. The van der Waals surface area contributed by atoms with Gasteiger partial charge in [0.25, 0.3) is 5.91 Å². The number of aliphatic hydroxyl groups is 1. The van der Waals surface area contributed by atoms with Gasteiger partial charge < -0.3 is 39.6 Å². The Morgan fingerprint density at radius 2 is 1.70 bits per heavy atom. The zero-order valence-corrected chi connectivity index (χ0v) is 40.5. The van der Waals surface area contributed by atoms with Gasteiger partial charge in [0, 0.05) is 86.0 Å². The minimum atomic E-state index is -0.586. The van der Waals surface area contributed by atoms with E-state index in [1.54, 1.807) is 23.1 Å². The summed E-state index contributed by atoms with van der Waals surface area (Å²) in [5.41, 5.74) is 6.59. The monoisotopic (exact) mass is 957 g/mol. The van der Waals surface area contributed by atoms with E-state index in [9.17, 15) is 24.3 Å². The fourth-order valence-electron chi connectivity index (χ4n) is 10.5. The van der Waals surface area contributed by atoms with Crippen LogP contribution in [0.4, 0.5) is 25.4 Å². The molecule has 6 heterocycles. The minimum Gasteiger partial charge on any atom is -0.495 e. The Balaban J connectivity index is 0.729. The summed E-state index contributed by atoms with van der Waals surface area (Å²) >= 11 is 0. The van der Waals surface area contributed by atoms with E-state index in [2.05, 4.69) is 68.6 Å². The van der Waals surface area contributed by atoms with Gasteiger partial charge in [-0.05, 0) is 117 Å². The molecule has 0 bridgehead atoms. The van der Waals surface area contributed by atoms with Gasteiger partial charge in [0.2, 0.25) is 5.91 Å². The molecule has 16 nitrogen and oxygen atoms in total. The second-order valence-corrected chi connectivity index (χ2v) is 19.8. The number of benzene rings is 3. The van der Waals surface area contributed by atoms with Crippen LogP contribution < -0.4 is 20.3 Å². The number of imide groups is 1. The van der Waals surface area contributed by atoms with Crippen molar-refractivity contribution in [1.82, 2.24) is 35.0 Å². The van der Waals surface area contributed by atoms with Crippen molar-refractivity contribution in [3.8, 4) is 28.3 Å². The molecule has 2 atom stereocenters. The van der Waals surface area contributed by atoms with Crippen molar-refractivity contribution in [2.45, 2.75) is 84.5 Å². The second kappa shape index (κ2) is 21.3. The number of halogens is 1. The van der Waals surface area contributed by atoms with Gasteiger partial charge in [-0.25, -0.2) is 23.9 Å². The van der Waals surface area contributed by atoms with Gasteiger partial charge in [-0.3, -0.25) is 19.8 Å². The number of nitrogens with zero attached hydrogens (tertiary/aromatic N) is 6. The van der Waals surface area contributed by atoms with Crippen LogP contribution in [0.15, 0.2) is 67.0 Å². The van der Waals surface area contributed by atoms with Crippen LogP contribution in [0.2, 0.25) is 0 Å². The standard InChI is InChI=1S/C53H64FN9O7/c1-32(2)23-38-28-62(29-46(38)64)52(67)58-43-26-39(54)25-41(33(43)3)49-42-27-44(57-50(42)56-31-55-49)36-7-5-35(6-8-36)30-70-40-14-18-60(19-15-40)17-11-34-12-20-61(21-13-34)51(66)37-9-10-47(69-4)45(24-37)63-22-16-48(65)59-53(63)68/h5-10,24-27,31-32,34,38,40,46,64H,11-23,28-30H2,1-4H3,(H,58,67)(H,55,56,57)(H,59,65,68). The lowest BCUT2D eigenvalue weighted by Gasteiger charge is -2.35. The molecule has 0 aliphatic carbocycles. The molecule has 0 saturated carbocycles. The van der Waals surface area contributed by atoms with Crippen LogP contribution in [0.25, 0.3) is 33.5 Å². The summed E-state index contributed by atoms with van der Waals surface area (Å²) in [5.74, 6) is 0.539. The van der Waals surface area contributed by atoms with Gasteiger partial charge in [-0.2, -0.15) is 0 Å². The lowest BCUT2D eigenvalue weighted by molar-refractivity contribution is -0.120. The predicted octanol–water partition coefficient (Wildman–Crippen LogP) is 7.99. The molecule has 370 valence electrons. The number of ether oxygens (including phenoxy) is 2. The predicted molar refractivity (Wildman–Crippen MR) is 265 cm³/mol. The molecular weight excluding hydrogens is 894 g/mol. The third-order valence-corrected chi connectivity index (χ3v) is 14.6. The van der Waals surface area contributed by atoms with E-state index in [0.29, 0.717) is 83.2 Å². The van der Waals surface area contributed by atoms with E-state index in [0.717, 1.165) is 80.4 Å². The van der Waals surface area contributed by atoms with Crippen LogP contribution in [0.3, 0.4) is 0 Å². The number of urea groups is 2. The summed E-state index contributed by atoms with van der Waals surface area (Å²) in [5, 5.41) is 16.5. The normalized spacial score (nSPS) is 19.6. The van der Waals surface area contributed by atoms with Crippen molar-refractivity contribution in [1.29, 1.82) is 0 Å². The molecule has 9 rings (SSSR count). The van der Waals surface area contributed by atoms with Gasteiger partial charge in [0.15, 0.2) is 0 Å². The number of hydrogen-bond donors (Lipinski definition) is 4. The quantitative estimate of drug-likeness (QED) is 0.0851. The highest BCUT2D eigenvalue weighted by molar-refractivity contribution is 6.07. The van der Waals surface area contributed by atoms with Crippen molar-refractivity contribution in [3.05, 3.63) is 89.5 Å². The van der Waals surface area contributed by atoms with Crippen LogP contribution in [0.5, 0.6) is 5.75 Å². The number of H-pyrrole nitrogens is 1. The van der Waals surface area contributed by atoms with E-state index in [1.807, 2.05) is 17.9 Å². The number of aromatic amines is 1. The highest BCUT2D eigenvalue weighted by Gasteiger charge is 2.35. The molecule has 3 aromatic carbocycles. The summed E-state index contributed by atoms with van der Waals surface area (Å²) in [4.78, 5) is 71.1. The maximum Gasteiger partial charge on any atom is 0.328 e. The Hall–Kier alpha value is -6.43. The van der Waals surface area contributed by atoms with Crippen LogP contribution in [0, 0.1) is 30.5 Å². The number of fused-ring (bicyclic) bond motifs is 1. The molecule has 17 heteroatoms. The minimum absolute atomic E-state index is 0.00853. The molecule has 0 radical (unpaired) electrons. The summed E-state index contributed by atoms with van der Waals surface area (Å²) in [6, 6.07) is 17.2. The maximum atomic E-state index is 15.2. The first kappa shape index (κ1) is 48.6. The van der Waals surface area contributed by atoms with Crippen molar-refractivity contribution in [2.75, 3.05) is 69.7 Å². The van der Waals surface area contributed by atoms with E-state index >= 15 is 4.39 Å². The number of rotatable bonds is 14. The maximum absolute atomic E-state index is 15.2. The molecule has 4 saturated heterocycles. The highest BCUT2D eigenvalue weighted by atomic mass is 19.1. The zero-order chi connectivity index (χ0) is 49.1. The Labute approximate surface area is 407 Å². The molecule has 0 spiro atoms. The average molecular weight is 958 g/mol. The molecular formula is C53H64FN9O7. The average Bonchev–Trinajstić information content (AvgIpc) is 3.97. The van der Waals surface area contributed by atoms with Crippen molar-refractivity contribution in [3.63, 3.8) is 0 Å². The fraction of sp³-hybridized carbons (Fsp3) is 0.472. The molecule has 6 amide bonds. The summed E-state index contributed by atoms with van der Waals surface area (Å²) in [7, 11) is 1.52. The third-order valence-electron chi connectivity index (χ3n) is 14.6. The van der Waals surface area contributed by atoms with Gasteiger partial charge in [-0.15, -0.1) is 0 Å². The molecule has 5 aromatic rings. The van der Waals surface area contributed by atoms with Crippen molar-refractivity contribution in [2.24, 2.45) is 17.8 Å². The number of β-amino-alcohol motifs (C(OH)–C–C–N with tert-alkyl or cyclic N) is 1. The van der Waals surface area contributed by atoms with E-state index in [1.165, 1.54) is 30.5 Å². The van der Waals surface area contributed by atoms with E-state index in [-0.39, 0.29) is 49.4 Å². The van der Waals surface area contributed by atoms with Gasteiger partial charge in [0.1, 0.15) is 23.5 Å². The van der Waals surface area contributed by atoms with Crippen LogP contribution in [0.1, 0.15) is 80.3 Å². The third kappa shape index (κ3) is 11.0. The van der Waals surface area contributed by atoms with Gasteiger partial charge in [-0.1, -0.05) is 38.1 Å². The molecule has 2 aromatic heterocycles. The molecule has 4 N–H and O–H groups in total. The number of carbonyl (C=O) groups excluding carboxylic acids is 4. The van der Waals surface area contributed by atoms with E-state index < -0.39 is 18.0 Å². The number of methoxy groups -OCH3 is 1. The SMILES string of the molecule is COc1ccc(C(=O)N2CCC(CCN3CCC(OCc4ccc(-c5cc6c(-c7cc(F)cc(NC(=O)N8CC(O)C(CC(C)C)C8)c7C)ncnc6[nH]5)cc4)CC3)CC2)cc1N1CCC(=O)NC1=O. The van der Waals surface area contributed by atoms with E-state index in [4.69, 9.17) is 9.47 Å². The Morgan fingerprint density at radius 3 is 2.43 bits per heavy atom. The number of likely N-dealkylation sites (tertiary alicyclic amines) is 3. The molecule has 70 heavy (non-hydrogen) atoms. The van der Waals surface area contributed by atoms with Crippen LogP contribution in [-0.2, 0) is 16.1 Å². The lowest BCUT2D eigenvalue weighted by atomic mass is 9.92. The Bertz CT molecular complexity index is 2710. The van der Waals surface area contributed by atoms with Crippen molar-refractivity contribution >= 4 is 46.3 Å². The van der Waals surface area contributed by atoms with Crippen LogP contribution >= 0.6 is 0 Å². The first-order valence-corrected chi connectivity index (χ1v) is 24.7. The zero-order valence-electron chi connectivity index (χ0n) is 40.5. The van der Waals surface area contributed by atoms with Gasteiger partial charge in [0.05, 0.1) is 37.3 Å². The molecule has 4 fully saturated rings. The number of carbonyl (C=O) groups is 4. The first-order chi connectivity index (χ1) is 33.8. The molecule has 2 unspecified atom stereocenters. The number of amides is 6. The van der Waals surface area contributed by atoms with Crippen molar-refractivity contribution < 1.29 is 38.1 Å². The summed E-state index contributed by atoms with van der Waals surface area (Å²) < 4.78 is 27.1. The topological polar surface area (TPSA) is 186 Å². The number of piperidine rings is 2. The lowest BCUT2D eigenvalue weighted by Crippen LogP contribution is -2.49. The Kier molecular flexibility index (Phi) is 14.8. The first-order valence-electron chi connectivity index (χ1n) is 24.7. The van der Waals surface area contributed by atoms with Crippen LogP contribution in [-0.4, -0.2) is 130 Å². The molecule has 4 aliphatic heterocycles. The fourth-order valence-corrected chi connectivity index (χ4v) is 10.5. The molecule has 4 aliphatic rings. The number of aliphatic hydroxyl groups excluding tert-OH is 1. The number of nitrogens with one attached hydrogen (secondary N) is 3. The number of anilines is 2. The Morgan fingerprint density at radius 1 is 0.929 bits per heavy atom. The summed E-state index contributed by atoms with van der Waals surface area (Å²) in [6.07, 6.45) is 7.00. The number of hydrogen-bond acceptors (Lipinski definition) is 10. The summed E-state index contributed by atoms with van der Waals surface area (Å²) in [6.45, 7) is 11.8. The second-order valence-electron chi connectivity index (χ2n) is 19.8. The largest absolute Gasteiger partial charge is 0.495 e. The van der Waals surface area contributed by atoms with Gasteiger partial charge >= 0.3 is 12.1 Å².